The second-order valence-corrected chi connectivity index (χ2v) is 13.7. The Morgan fingerprint density at radius 3 is 2.35 bits per heavy atom. The SMILES string of the molecule is CC(C)(C)c1ccc(N(c2[c-]c(C3=N[C@@H]4c5ccccc5C[C@@H]4O3)ccc2)c2[c-]c3c(cc2)c2ccccc2n3-c2ccccn2)cc1.[Pt+2]. The average Bonchev–Trinajstić information content (AvgIpc) is 3.78. The van der Waals surface area contributed by atoms with Crippen LogP contribution in [-0.4, -0.2) is 21.6 Å². The zero-order chi connectivity index (χ0) is 32.4. The van der Waals surface area contributed by atoms with Crippen molar-refractivity contribution in [1.29, 1.82) is 0 Å². The predicted octanol–water partition coefficient (Wildman–Crippen LogP) is 9.99. The molecule has 49 heavy (non-hydrogen) atoms. The van der Waals surface area contributed by atoms with Crippen molar-refractivity contribution >= 4 is 44.8 Å². The van der Waals surface area contributed by atoms with E-state index < -0.39 is 0 Å². The van der Waals surface area contributed by atoms with Gasteiger partial charge in [-0.2, -0.15) is 6.07 Å². The first kappa shape index (κ1) is 31.3. The number of anilines is 3. The molecule has 0 saturated carbocycles. The Labute approximate surface area is 301 Å². The van der Waals surface area contributed by atoms with Crippen molar-refractivity contribution in [3.05, 3.63) is 162 Å². The van der Waals surface area contributed by atoms with E-state index in [1.165, 1.54) is 22.1 Å². The summed E-state index contributed by atoms with van der Waals surface area (Å²) in [6.45, 7) is 6.72. The van der Waals surface area contributed by atoms with Gasteiger partial charge in [0.1, 0.15) is 23.9 Å². The third-order valence-corrected chi connectivity index (χ3v) is 9.60. The van der Waals surface area contributed by atoms with Crippen molar-refractivity contribution in [1.82, 2.24) is 9.55 Å². The van der Waals surface area contributed by atoms with Crippen LogP contribution in [0.4, 0.5) is 17.1 Å². The van der Waals surface area contributed by atoms with Gasteiger partial charge in [0, 0.05) is 23.8 Å². The Morgan fingerprint density at radius 1 is 0.755 bits per heavy atom. The van der Waals surface area contributed by atoms with E-state index in [4.69, 9.17) is 14.7 Å². The van der Waals surface area contributed by atoms with Crippen LogP contribution in [-0.2, 0) is 37.6 Å². The molecule has 9 rings (SSSR count). The summed E-state index contributed by atoms with van der Waals surface area (Å²) in [5.74, 6) is 1.51. The quantitative estimate of drug-likeness (QED) is 0.163. The van der Waals surface area contributed by atoms with E-state index in [-0.39, 0.29) is 38.6 Å². The molecule has 0 unspecified atom stereocenters. The number of nitrogens with zero attached hydrogens (tertiary/aromatic N) is 4. The molecule has 2 aliphatic rings. The normalized spacial score (nSPS) is 16.5. The zero-order valence-electron chi connectivity index (χ0n) is 27.5. The summed E-state index contributed by atoms with van der Waals surface area (Å²) < 4.78 is 8.69. The first-order valence-corrected chi connectivity index (χ1v) is 16.5. The summed E-state index contributed by atoms with van der Waals surface area (Å²) >= 11 is 0. The van der Waals surface area contributed by atoms with E-state index in [9.17, 15) is 0 Å². The molecule has 2 aromatic heterocycles. The zero-order valence-corrected chi connectivity index (χ0v) is 29.8. The Hall–Kier alpha value is -4.99. The number of benzene rings is 5. The molecule has 0 radical (unpaired) electrons. The van der Waals surface area contributed by atoms with Crippen molar-refractivity contribution in [2.24, 2.45) is 4.99 Å². The molecule has 3 heterocycles. The van der Waals surface area contributed by atoms with E-state index in [0.29, 0.717) is 5.90 Å². The van der Waals surface area contributed by atoms with Gasteiger partial charge in [0.05, 0.1) is 0 Å². The molecule has 2 atom stereocenters. The van der Waals surface area contributed by atoms with E-state index >= 15 is 0 Å². The summed E-state index contributed by atoms with van der Waals surface area (Å²) in [4.78, 5) is 12.0. The number of ether oxygens (including phenoxy) is 1. The number of aromatic nitrogens is 2. The van der Waals surface area contributed by atoms with Crippen molar-refractivity contribution in [2.75, 3.05) is 4.90 Å². The molecule has 0 spiro atoms. The van der Waals surface area contributed by atoms with Crippen LogP contribution in [0.5, 0.6) is 0 Å². The maximum absolute atomic E-state index is 6.49. The number of rotatable bonds is 5. The topological polar surface area (TPSA) is 42.6 Å². The van der Waals surface area contributed by atoms with Gasteiger partial charge in [-0.3, -0.25) is 4.99 Å². The van der Waals surface area contributed by atoms with Crippen LogP contribution in [0.3, 0.4) is 0 Å². The minimum absolute atomic E-state index is 0. The Morgan fingerprint density at radius 2 is 1.53 bits per heavy atom. The van der Waals surface area contributed by atoms with Gasteiger partial charge in [-0.1, -0.05) is 98.2 Å². The minimum atomic E-state index is 0. The molecular weight excluding hydrogens is 784 g/mol. The number of hydrogen-bond acceptors (Lipinski definition) is 4. The molecule has 5 nitrogen and oxygen atoms in total. The second-order valence-electron chi connectivity index (χ2n) is 13.7. The van der Waals surface area contributed by atoms with E-state index in [2.05, 4.69) is 139 Å². The summed E-state index contributed by atoms with van der Waals surface area (Å²) in [6, 6.07) is 50.0. The van der Waals surface area contributed by atoms with Gasteiger partial charge in [-0.25, -0.2) is 4.98 Å². The maximum atomic E-state index is 6.49. The molecule has 1 aliphatic heterocycles. The van der Waals surface area contributed by atoms with Crippen LogP contribution in [0.25, 0.3) is 27.6 Å². The maximum Gasteiger partial charge on any atom is 2.00 e. The van der Waals surface area contributed by atoms with Gasteiger partial charge >= 0.3 is 21.1 Å². The fourth-order valence-corrected chi connectivity index (χ4v) is 7.20. The molecule has 1 aliphatic carbocycles. The Bertz CT molecular complexity index is 2350. The third kappa shape index (κ3) is 5.37. The van der Waals surface area contributed by atoms with E-state index in [0.717, 1.165) is 51.3 Å². The average molecular weight is 818 g/mol. The second kappa shape index (κ2) is 12.2. The standard InChI is InChI=1S/C43H34N4O.Pt/c1-43(2,3)30-18-20-31(21-19-30)46(32-13-10-12-29(25-32)42-45-41-34-14-5-4-11-28(34)26-39(41)48-42)33-22-23-36-35-15-6-7-16-37(35)47(38(36)27-33)40-17-8-9-24-44-40;/h4-24,39,41H,26H2,1-3H3;/q-2;+2/t39-,41+;/m0./s1. The number of hydrogen-bond donors (Lipinski definition) is 0. The largest absolute Gasteiger partial charge is 2.00 e. The number of aliphatic imine (C=N–C) groups is 1. The van der Waals surface area contributed by atoms with Gasteiger partial charge in [0.2, 0.25) is 0 Å². The molecule has 0 fully saturated rings. The summed E-state index contributed by atoms with van der Waals surface area (Å²) in [7, 11) is 0. The molecule has 0 N–H and O–H groups in total. The van der Waals surface area contributed by atoms with Crippen molar-refractivity contribution in [3.63, 3.8) is 0 Å². The van der Waals surface area contributed by atoms with Crippen LogP contribution in [0.15, 0.2) is 133 Å². The predicted molar refractivity (Wildman–Crippen MR) is 194 cm³/mol. The molecule has 242 valence electrons. The smallest absolute Gasteiger partial charge is 0.514 e. The molecule has 5 aromatic carbocycles. The van der Waals surface area contributed by atoms with E-state index in [1.807, 2.05) is 30.5 Å². The molecule has 0 bridgehead atoms. The third-order valence-electron chi connectivity index (χ3n) is 9.60. The first-order chi connectivity index (χ1) is 23.4. The van der Waals surface area contributed by atoms with Crippen molar-refractivity contribution in [2.45, 2.75) is 44.8 Å². The summed E-state index contributed by atoms with van der Waals surface area (Å²) in [6.07, 6.45) is 2.74. The molecule has 6 heteroatoms. The number of fused-ring (bicyclic) bond motifs is 6. The van der Waals surface area contributed by atoms with Crippen molar-refractivity contribution in [3.8, 4) is 5.82 Å². The number of para-hydroxylation sites is 1. The van der Waals surface area contributed by atoms with Crippen LogP contribution >= 0.6 is 0 Å². The van der Waals surface area contributed by atoms with Gasteiger partial charge < -0.3 is 14.2 Å². The molecule has 0 amide bonds. The summed E-state index contributed by atoms with van der Waals surface area (Å²) in [5, 5.41) is 2.29. The van der Waals surface area contributed by atoms with Crippen LogP contribution in [0.2, 0.25) is 0 Å². The van der Waals surface area contributed by atoms with Crippen molar-refractivity contribution < 1.29 is 25.8 Å². The fourth-order valence-electron chi connectivity index (χ4n) is 7.20. The Balaban J connectivity index is 0.00000348. The summed E-state index contributed by atoms with van der Waals surface area (Å²) in [5.41, 5.74) is 9.63. The van der Waals surface area contributed by atoms with Crippen LogP contribution in [0.1, 0.15) is 49.1 Å². The van der Waals surface area contributed by atoms with Gasteiger partial charge in [-0.15, -0.1) is 41.8 Å². The monoisotopic (exact) mass is 817 g/mol. The first-order valence-electron chi connectivity index (χ1n) is 16.5. The van der Waals surface area contributed by atoms with Gasteiger partial charge in [-0.05, 0) is 63.5 Å². The molecule has 0 saturated heterocycles. The van der Waals surface area contributed by atoms with Crippen LogP contribution in [0, 0.1) is 12.1 Å². The van der Waals surface area contributed by atoms with Crippen LogP contribution < -0.4 is 4.90 Å². The Kier molecular flexibility index (Phi) is 7.76. The van der Waals surface area contributed by atoms with Gasteiger partial charge in [0.15, 0.2) is 0 Å². The van der Waals surface area contributed by atoms with Gasteiger partial charge in [0.25, 0.3) is 0 Å². The minimum Gasteiger partial charge on any atom is -0.514 e. The molecule has 7 aromatic rings. The van der Waals surface area contributed by atoms with E-state index in [1.54, 1.807) is 0 Å². The fraction of sp³-hybridized carbons (Fsp3) is 0.163. The molecular formula is C43H34N4OPt. The number of pyridine rings is 1.